The van der Waals surface area contributed by atoms with Gasteiger partial charge in [-0.2, -0.15) is 0 Å². The van der Waals surface area contributed by atoms with Crippen LogP contribution < -0.4 is 4.74 Å². The summed E-state index contributed by atoms with van der Waals surface area (Å²) >= 11 is 0. The van der Waals surface area contributed by atoms with Crippen molar-refractivity contribution < 1.29 is 14.6 Å². The molecular weight excluding hydrogens is 270 g/mol. The molecule has 6 nitrogen and oxygen atoms in total. The fraction of sp³-hybridized carbons (Fsp3) is 0.400. The Hall–Kier alpha value is -2.37. The Morgan fingerprint density at radius 1 is 1.38 bits per heavy atom. The van der Waals surface area contributed by atoms with Crippen molar-refractivity contribution >= 4 is 5.97 Å². The lowest BCUT2D eigenvalue weighted by atomic mass is 10.2. The van der Waals surface area contributed by atoms with Gasteiger partial charge < -0.3 is 9.84 Å². The van der Waals surface area contributed by atoms with Crippen LogP contribution in [0.15, 0.2) is 24.3 Å². The Kier molecular flexibility index (Phi) is 3.60. The smallest absolute Gasteiger partial charge is 0.358 e. The lowest BCUT2D eigenvalue weighted by molar-refractivity contribution is 0.0689. The van der Waals surface area contributed by atoms with E-state index in [1.165, 1.54) is 5.56 Å². The third-order valence-electron chi connectivity index (χ3n) is 3.53. The highest BCUT2D eigenvalue weighted by Crippen LogP contribution is 2.41. The molecule has 0 saturated heterocycles. The second-order valence-corrected chi connectivity index (χ2v) is 5.29. The van der Waals surface area contributed by atoms with Gasteiger partial charge in [-0.3, -0.25) is 0 Å². The van der Waals surface area contributed by atoms with Gasteiger partial charge in [0.1, 0.15) is 12.4 Å². The minimum absolute atomic E-state index is 0.0767. The number of aryl methyl sites for hydroxylation is 1. The van der Waals surface area contributed by atoms with Crippen molar-refractivity contribution in [2.75, 3.05) is 6.61 Å². The number of carboxylic acid groups (broad SMARTS) is 1. The lowest BCUT2D eigenvalue weighted by Gasteiger charge is -2.08. The molecule has 0 atom stereocenters. The maximum absolute atomic E-state index is 11.1. The van der Waals surface area contributed by atoms with Crippen LogP contribution in [0.3, 0.4) is 0 Å². The Bertz CT molecular complexity index is 645. The van der Waals surface area contributed by atoms with Gasteiger partial charge in [-0.15, -0.1) is 5.10 Å². The molecule has 2 aromatic rings. The number of carboxylic acids is 1. The number of nitrogens with zero attached hydrogens (tertiary/aromatic N) is 3. The molecular formula is C15H17N3O3. The molecule has 1 aliphatic rings. The Morgan fingerprint density at radius 3 is 2.71 bits per heavy atom. The van der Waals surface area contributed by atoms with E-state index in [4.69, 9.17) is 9.84 Å². The van der Waals surface area contributed by atoms with Gasteiger partial charge in [0.25, 0.3) is 0 Å². The SMILES string of the molecule is Cc1ccc(OCCn2nnc(C(=O)O)c2C2CC2)cc1. The zero-order valence-electron chi connectivity index (χ0n) is 11.8. The zero-order chi connectivity index (χ0) is 14.8. The zero-order valence-corrected chi connectivity index (χ0v) is 11.8. The van der Waals surface area contributed by atoms with Crippen molar-refractivity contribution in [2.24, 2.45) is 0 Å². The predicted molar refractivity (Wildman–Crippen MR) is 75.6 cm³/mol. The van der Waals surface area contributed by atoms with Crippen LogP contribution >= 0.6 is 0 Å². The summed E-state index contributed by atoms with van der Waals surface area (Å²) in [7, 11) is 0. The Balaban J connectivity index is 1.65. The number of hydrogen-bond donors (Lipinski definition) is 1. The lowest BCUT2D eigenvalue weighted by Crippen LogP contribution is -2.13. The largest absolute Gasteiger partial charge is 0.492 e. The molecule has 1 aliphatic carbocycles. The van der Waals surface area contributed by atoms with E-state index in [9.17, 15) is 4.79 Å². The molecule has 1 fully saturated rings. The molecule has 1 N–H and O–H groups in total. The van der Waals surface area contributed by atoms with E-state index >= 15 is 0 Å². The van der Waals surface area contributed by atoms with Crippen molar-refractivity contribution in [3.63, 3.8) is 0 Å². The first-order valence-electron chi connectivity index (χ1n) is 7.01. The van der Waals surface area contributed by atoms with Gasteiger partial charge in [0, 0.05) is 5.92 Å². The quantitative estimate of drug-likeness (QED) is 0.881. The monoisotopic (exact) mass is 287 g/mol. The Morgan fingerprint density at radius 2 is 2.10 bits per heavy atom. The normalized spacial score (nSPS) is 14.1. The van der Waals surface area contributed by atoms with Crippen molar-refractivity contribution in [1.29, 1.82) is 0 Å². The molecule has 0 amide bonds. The summed E-state index contributed by atoms with van der Waals surface area (Å²) in [5, 5.41) is 16.9. The molecule has 1 aromatic heterocycles. The van der Waals surface area contributed by atoms with Crippen molar-refractivity contribution in [1.82, 2.24) is 15.0 Å². The van der Waals surface area contributed by atoms with E-state index in [1.54, 1.807) is 4.68 Å². The summed E-state index contributed by atoms with van der Waals surface area (Å²) in [6, 6.07) is 7.81. The van der Waals surface area contributed by atoms with E-state index in [1.807, 2.05) is 31.2 Å². The van der Waals surface area contributed by atoms with E-state index < -0.39 is 5.97 Å². The minimum atomic E-state index is -1.01. The second kappa shape index (κ2) is 5.55. The third-order valence-corrected chi connectivity index (χ3v) is 3.53. The van der Waals surface area contributed by atoms with Crippen LogP contribution in [-0.4, -0.2) is 32.7 Å². The van der Waals surface area contributed by atoms with E-state index in [0.717, 1.165) is 24.3 Å². The minimum Gasteiger partial charge on any atom is -0.492 e. The van der Waals surface area contributed by atoms with Crippen molar-refractivity contribution in [3.05, 3.63) is 41.2 Å². The van der Waals surface area contributed by atoms with E-state index in [2.05, 4.69) is 10.3 Å². The van der Waals surface area contributed by atoms with E-state index in [-0.39, 0.29) is 11.6 Å². The first kappa shape index (κ1) is 13.6. The summed E-state index contributed by atoms with van der Waals surface area (Å²) in [4.78, 5) is 11.1. The summed E-state index contributed by atoms with van der Waals surface area (Å²) < 4.78 is 7.32. The van der Waals surface area contributed by atoms with Crippen LogP contribution in [0.1, 0.15) is 40.5 Å². The number of aromatic nitrogens is 3. The maximum Gasteiger partial charge on any atom is 0.358 e. The van der Waals surface area contributed by atoms with Gasteiger partial charge in [-0.05, 0) is 31.9 Å². The Labute approximate surface area is 122 Å². The molecule has 0 bridgehead atoms. The fourth-order valence-corrected chi connectivity index (χ4v) is 2.28. The summed E-state index contributed by atoms with van der Waals surface area (Å²) in [5.41, 5.74) is 1.99. The molecule has 0 aliphatic heterocycles. The standard InChI is InChI=1S/C15H17N3O3/c1-10-2-6-12(7-3-10)21-9-8-18-14(11-4-5-11)13(15(19)20)16-17-18/h2-3,6-7,11H,4-5,8-9H2,1H3,(H,19,20). The molecule has 1 heterocycles. The van der Waals surface area contributed by atoms with Gasteiger partial charge >= 0.3 is 5.97 Å². The van der Waals surface area contributed by atoms with Crippen LogP contribution in [0.25, 0.3) is 0 Å². The number of hydrogen-bond acceptors (Lipinski definition) is 4. The molecule has 0 radical (unpaired) electrons. The van der Waals surface area contributed by atoms with Crippen LogP contribution in [0.2, 0.25) is 0 Å². The van der Waals surface area contributed by atoms with Gasteiger partial charge in [0.15, 0.2) is 5.69 Å². The predicted octanol–water partition coefficient (Wildman–Crippen LogP) is 2.24. The molecule has 1 aromatic carbocycles. The maximum atomic E-state index is 11.1. The van der Waals surface area contributed by atoms with Crippen LogP contribution in [0, 0.1) is 6.92 Å². The van der Waals surface area contributed by atoms with Gasteiger partial charge in [-0.1, -0.05) is 22.9 Å². The van der Waals surface area contributed by atoms with Crippen LogP contribution in [-0.2, 0) is 6.54 Å². The molecule has 3 rings (SSSR count). The second-order valence-electron chi connectivity index (χ2n) is 5.29. The molecule has 6 heteroatoms. The van der Waals surface area contributed by atoms with Gasteiger partial charge in [0.05, 0.1) is 12.2 Å². The molecule has 0 unspecified atom stereocenters. The topological polar surface area (TPSA) is 77.2 Å². The summed E-state index contributed by atoms with van der Waals surface area (Å²) in [6.45, 7) is 2.96. The van der Waals surface area contributed by atoms with Gasteiger partial charge in [0.2, 0.25) is 0 Å². The van der Waals surface area contributed by atoms with Gasteiger partial charge in [-0.25, -0.2) is 9.48 Å². The van der Waals surface area contributed by atoms with Crippen LogP contribution in [0.4, 0.5) is 0 Å². The first-order valence-corrected chi connectivity index (χ1v) is 7.01. The third kappa shape index (κ3) is 3.04. The summed E-state index contributed by atoms with van der Waals surface area (Å²) in [5.74, 6) is 0.0697. The number of rotatable bonds is 6. The highest BCUT2D eigenvalue weighted by atomic mass is 16.5. The number of aromatic carboxylic acids is 1. The average molecular weight is 287 g/mol. The van der Waals surface area contributed by atoms with Crippen molar-refractivity contribution in [3.8, 4) is 5.75 Å². The van der Waals surface area contributed by atoms with Crippen molar-refractivity contribution in [2.45, 2.75) is 32.2 Å². The molecule has 110 valence electrons. The number of carbonyl (C=O) groups is 1. The fourth-order valence-electron chi connectivity index (χ4n) is 2.28. The molecule has 1 saturated carbocycles. The van der Waals surface area contributed by atoms with Crippen LogP contribution in [0.5, 0.6) is 5.75 Å². The number of benzene rings is 1. The molecule has 0 spiro atoms. The van der Waals surface area contributed by atoms with E-state index in [0.29, 0.717) is 13.2 Å². The first-order chi connectivity index (χ1) is 10.1. The summed E-state index contributed by atoms with van der Waals surface area (Å²) in [6.07, 6.45) is 2.01. The highest BCUT2D eigenvalue weighted by Gasteiger charge is 2.33. The number of ether oxygens (including phenoxy) is 1. The molecule has 21 heavy (non-hydrogen) atoms. The average Bonchev–Trinajstić information content (AvgIpc) is 3.21. The highest BCUT2D eigenvalue weighted by molar-refractivity contribution is 5.86.